The SMILES string of the molecule is COC(=O)C1=C(C)OC(N)=C(C#N)[C@@H]1c1ccc(COc2ccc(Br)cc2)o1. The first kappa shape index (κ1) is 19.6. The number of esters is 1. The van der Waals surface area contributed by atoms with Crippen molar-refractivity contribution in [2.24, 2.45) is 5.73 Å². The highest BCUT2D eigenvalue weighted by molar-refractivity contribution is 9.10. The fraction of sp³-hybridized carbons (Fsp3) is 0.200. The van der Waals surface area contributed by atoms with E-state index in [1.165, 1.54) is 7.11 Å². The predicted molar refractivity (Wildman–Crippen MR) is 103 cm³/mol. The summed E-state index contributed by atoms with van der Waals surface area (Å²) in [5.41, 5.74) is 6.10. The maximum absolute atomic E-state index is 12.3. The molecule has 0 saturated carbocycles. The molecule has 0 radical (unpaired) electrons. The van der Waals surface area contributed by atoms with Crippen molar-refractivity contribution in [1.29, 1.82) is 5.26 Å². The lowest BCUT2D eigenvalue weighted by Gasteiger charge is -2.24. The van der Waals surface area contributed by atoms with Crippen molar-refractivity contribution in [1.82, 2.24) is 0 Å². The standard InChI is InChI=1S/C20H17BrN2O5/c1-11-17(20(24)25-2)18(15(9-22)19(23)27-11)16-8-7-14(28-16)10-26-13-5-3-12(21)4-6-13/h3-8,18H,10,23H2,1-2H3/t18-/m1/s1. The molecule has 2 heterocycles. The van der Waals surface area contributed by atoms with Gasteiger partial charge in [0, 0.05) is 4.47 Å². The minimum absolute atomic E-state index is 0.0679. The lowest BCUT2D eigenvalue weighted by atomic mass is 9.87. The maximum Gasteiger partial charge on any atom is 0.338 e. The third-order valence-corrected chi connectivity index (χ3v) is 4.70. The fourth-order valence-electron chi connectivity index (χ4n) is 2.85. The Morgan fingerprint density at radius 3 is 2.64 bits per heavy atom. The Balaban J connectivity index is 1.88. The van der Waals surface area contributed by atoms with Gasteiger partial charge in [-0.3, -0.25) is 0 Å². The minimum Gasteiger partial charge on any atom is -0.486 e. The van der Waals surface area contributed by atoms with Gasteiger partial charge in [0.05, 0.1) is 18.6 Å². The molecule has 28 heavy (non-hydrogen) atoms. The molecular weight excluding hydrogens is 428 g/mol. The Morgan fingerprint density at radius 2 is 2.00 bits per heavy atom. The number of carbonyl (C=O) groups excluding carboxylic acids is 1. The zero-order valence-electron chi connectivity index (χ0n) is 15.2. The van der Waals surface area contributed by atoms with Gasteiger partial charge in [0.1, 0.15) is 41.3 Å². The Hall–Kier alpha value is -3.18. The number of furan rings is 1. The molecule has 0 amide bonds. The smallest absolute Gasteiger partial charge is 0.338 e. The summed E-state index contributed by atoms with van der Waals surface area (Å²) in [5.74, 6) is 0.345. The lowest BCUT2D eigenvalue weighted by molar-refractivity contribution is -0.136. The zero-order chi connectivity index (χ0) is 20.3. The second-order valence-corrected chi connectivity index (χ2v) is 6.85. The number of benzene rings is 1. The molecule has 0 aliphatic carbocycles. The number of carbonyl (C=O) groups is 1. The molecule has 1 aromatic carbocycles. The van der Waals surface area contributed by atoms with E-state index in [4.69, 9.17) is 24.4 Å². The normalized spacial score (nSPS) is 16.4. The van der Waals surface area contributed by atoms with E-state index in [2.05, 4.69) is 15.9 Å². The van der Waals surface area contributed by atoms with Crippen LogP contribution in [0.3, 0.4) is 0 Å². The summed E-state index contributed by atoms with van der Waals surface area (Å²) in [4.78, 5) is 12.3. The van der Waals surface area contributed by atoms with E-state index in [1.54, 1.807) is 19.1 Å². The summed E-state index contributed by atoms with van der Waals surface area (Å²) in [5, 5.41) is 9.52. The molecule has 0 bridgehead atoms. The highest BCUT2D eigenvalue weighted by Crippen LogP contribution is 2.40. The van der Waals surface area contributed by atoms with Crippen LogP contribution in [0.1, 0.15) is 24.4 Å². The number of allylic oxidation sites excluding steroid dienone is 2. The van der Waals surface area contributed by atoms with Gasteiger partial charge in [-0.05, 0) is 43.3 Å². The Morgan fingerprint density at radius 1 is 1.29 bits per heavy atom. The van der Waals surface area contributed by atoms with E-state index in [0.29, 0.717) is 17.3 Å². The molecule has 7 nitrogen and oxygen atoms in total. The molecule has 8 heteroatoms. The minimum atomic E-state index is -0.812. The number of hydrogen-bond acceptors (Lipinski definition) is 7. The van der Waals surface area contributed by atoms with Crippen molar-refractivity contribution >= 4 is 21.9 Å². The van der Waals surface area contributed by atoms with E-state index >= 15 is 0 Å². The average molecular weight is 445 g/mol. The van der Waals surface area contributed by atoms with Gasteiger partial charge >= 0.3 is 5.97 Å². The number of methoxy groups -OCH3 is 1. The number of nitrogens with two attached hydrogens (primary N) is 1. The number of ether oxygens (including phenoxy) is 3. The van der Waals surface area contributed by atoms with Crippen LogP contribution in [0, 0.1) is 11.3 Å². The van der Waals surface area contributed by atoms with Gasteiger partial charge in [0.2, 0.25) is 5.88 Å². The maximum atomic E-state index is 12.3. The molecule has 0 spiro atoms. The van der Waals surface area contributed by atoms with Crippen LogP contribution in [0.4, 0.5) is 0 Å². The molecule has 2 aromatic rings. The number of nitriles is 1. The highest BCUT2D eigenvalue weighted by atomic mass is 79.9. The molecular formula is C20H17BrN2O5. The summed E-state index contributed by atoms with van der Waals surface area (Å²) in [7, 11) is 1.26. The highest BCUT2D eigenvalue weighted by Gasteiger charge is 2.38. The first-order valence-electron chi connectivity index (χ1n) is 8.28. The largest absolute Gasteiger partial charge is 0.486 e. The molecule has 1 aromatic heterocycles. The summed E-state index contributed by atoms with van der Waals surface area (Å²) >= 11 is 3.37. The zero-order valence-corrected chi connectivity index (χ0v) is 16.8. The second-order valence-electron chi connectivity index (χ2n) is 5.93. The van der Waals surface area contributed by atoms with Crippen LogP contribution in [0.15, 0.2) is 68.1 Å². The third-order valence-electron chi connectivity index (χ3n) is 4.17. The first-order valence-corrected chi connectivity index (χ1v) is 9.07. The molecule has 0 fully saturated rings. The van der Waals surface area contributed by atoms with Gasteiger partial charge in [0.15, 0.2) is 0 Å². The number of hydrogen-bond donors (Lipinski definition) is 1. The average Bonchev–Trinajstić information content (AvgIpc) is 3.15. The van der Waals surface area contributed by atoms with Crippen LogP contribution < -0.4 is 10.5 Å². The molecule has 1 aliphatic rings. The van der Waals surface area contributed by atoms with E-state index in [0.717, 1.165) is 4.47 Å². The van der Waals surface area contributed by atoms with Gasteiger partial charge in [-0.15, -0.1) is 0 Å². The van der Waals surface area contributed by atoms with Gasteiger partial charge < -0.3 is 24.4 Å². The molecule has 1 atom stereocenters. The van der Waals surface area contributed by atoms with Gasteiger partial charge in [-0.2, -0.15) is 5.26 Å². The van der Waals surface area contributed by atoms with E-state index < -0.39 is 11.9 Å². The van der Waals surface area contributed by atoms with Crippen LogP contribution in [0.25, 0.3) is 0 Å². The molecule has 1 aliphatic heterocycles. The van der Waals surface area contributed by atoms with Crippen LogP contribution in [-0.2, 0) is 20.9 Å². The quantitative estimate of drug-likeness (QED) is 0.696. The van der Waals surface area contributed by atoms with E-state index in [1.807, 2.05) is 30.3 Å². The molecule has 144 valence electrons. The van der Waals surface area contributed by atoms with Crippen LogP contribution in [0.2, 0.25) is 0 Å². The topological polar surface area (TPSA) is 108 Å². The van der Waals surface area contributed by atoms with Crippen LogP contribution in [-0.4, -0.2) is 13.1 Å². The lowest BCUT2D eigenvalue weighted by Crippen LogP contribution is -2.24. The van der Waals surface area contributed by atoms with Crippen LogP contribution in [0.5, 0.6) is 5.75 Å². The van der Waals surface area contributed by atoms with Crippen molar-refractivity contribution in [3.63, 3.8) is 0 Å². The number of nitrogens with zero attached hydrogens (tertiary/aromatic N) is 1. The summed E-state index contributed by atoms with van der Waals surface area (Å²) in [6.07, 6.45) is 0. The first-order chi connectivity index (χ1) is 13.4. The molecule has 3 rings (SSSR count). The van der Waals surface area contributed by atoms with Crippen LogP contribution >= 0.6 is 15.9 Å². The van der Waals surface area contributed by atoms with Crippen molar-refractivity contribution < 1.29 is 23.4 Å². The van der Waals surface area contributed by atoms with Gasteiger partial charge in [-0.1, -0.05) is 15.9 Å². The summed E-state index contributed by atoms with van der Waals surface area (Å²) in [6, 6.07) is 12.8. The van der Waals surface area contributed by atoms with Crippen molar-refractivity contribution in [3.05, 3.63) is 75.2 Å². The van der Waals surface area contributed by atoms with Gasteiger partial charge in [0.25, 0.3) is 0 Å². The summed E-state index contributed by atoms with van der Waals surface area (Å²) in [6.45, 7) is 1.77. The Kier molecular flexibility index (Phi) is 5.76. The van der Waals surface area contributed by atoms with Crippen molar-refractivity contribution in [2.45, 2.75) is 19.4 Å². The van der Waals surface area contributed by atoms with E-state index in [9.17, 15) is 10.1 Å². The summed E-state index contributed by atoms with van der Waals surface area (Å²) < 4.78 is 22.7. The van der Waals surface area contributed by atoms with E-state index in [-0.39, 0.29) is 29.4 Å². The Bertz CT molecular complexity index is 998. The molecule has 0 saturated heterocycles. The second kappa shape index (κ2) is 8.23. The number of rotatable bonds is 5. The third kappa shape index (κ3) is 3.89. The Labute approximate surface area is 170 Å². The number of halogens is 1. The van der Waals surface area contributed by atoms with Crippen molar-refractivity contribution in [3.8, 4) is 11.8 Å². The monoisotopic (exact) mass is 444 g/mol. The van der Waals surface area contributed by atoms with Gasteiger partial charge in [-0.25, -0.2) is 4.79 Å². The van der Waals surface area contributed by atoms with Crippen molar-refractivity contribution in [2.75, 3.05) is 7.11 Å². The molecule has 2 N–H and O–H groups in total. The fourth-order valence-corrected chi connectivity index (χ4v) is 3.12. The molecule has 0 unspecified atom stereocenters. The predicted octanol–water partition coefficient (Wildman–Crippen LogP) is 3.88.